The Hall–Kier alpha value is -3.65. The van der Waals surface area contributed by atoms with Crippen molar-refractivity contribution in [1.82, 2.24) is 20.5 Å². The number of aromatic nitrogens is 2. The Bertz CT molecular complexity index is 1080. The summed E-state index contributed by atoms with van der Waals surface area (Å²) < 4.78 is 13.2. The summed E-state index contributed by atoms with van der Waals surface area (Å²) in [6.07, 6.45) is 5.34. The van der Waals surface area contributed by atoms with Gasteiger partial charge in [-0.2, -0.15) is 10.2 Å². The van der Waals surface area contributed by atoms with Crippen LogP contribution in [0.1, 0.15) is 5.56 Å². The zero-order valence-corrected chi connectivity index (χ0v) is 17.1. The molecule has 7 nitrogen and oxygen atoms in total. The van der Waals surface area contributed by atoms with Crippen molar-refractivity contribution >= 4 is 23.5 Å². The molecule has 3 aromatic rings. The smallest absolute Gasteiger partial charge is 0.187 e. The Kier molecular flexibility index (Phi) is 6.05. The van der Waals surface area contributed by atoms with E-state index in [1.54, 1.807) is 12.3 Å². The molecule has 0 spiro atoms. The van der Waals surface area contributed by atoms with Crippen LogP contribution in [0.2, 0.25) is 0 Å². The van der Waals surface area contributed by atoms with E-state index in [0.717, 1.165) is 28.3 Å². The predicted octanol–water partition coefficient (Wildman–Crippen LogP) is 3.29. The maximum absolute atomic E-state index is 5.73. The lowest BCUT2D eigenvalue weighted by Crippen LogP contribution is -2.31. The quantitative estimate of drug-likeness (QED) is 0.276. The number of fused-ring (bicyclic) bond motifs is 1. The van der Waals surface area contributed by atoms with Gasteiger partial charge in [-0.1, -0.05) is 24.3 Å². The Balaban J connectivity index is 1.66. The second-order valence-corrected chi connectivity index (χ2v) is 6.85. The molecule has 1 aliphatic heterocycles. The molecule has 0 saturated carbocycles. The lowest BCUT2D eigenvalue weighted by molar-refractivity contribution is 0.171. The first-order valence-corrected chi connectivity index (χ1v) is 9.88. The summed E-state index contributed by atoms with van der Waals surface area (Å²) in [4.78, 5) is 0. The molecule has 1 aromatic heterocycles. The van der Waals surface area contributed by atoms with Crippen molar-refractivity contribution in [3.05, 3.63) is 72.9 Å². The van der Waals surface area contributed by atoms with E-state index in [2.05, 4.69) is 22.4 Å². The zero-order valence-electron chi connectivity index (χ0n) is 16.2. The molecule has 30 heavy (non-hydrogen) atoms. The van der Waals surface area contributed by atoms with Crippen LogP contribution in [-0.4, -0.2) is 40.9 Å². The van der Waals surface area contributed by atoms with Crippen LogP contribution in [-0.2, 0) is 0 Å². The van der Waals surface area contributed by atoms with E-state index < -0.39 is 0 Å². The predicted molar refractivity (Wildman–Crippen MR) is 122 cm³/mol. The topological polar surface area (TPSA) is 72.7 Å². The van der Waals surface area contributed by atoms with Gasteiger partial charge >= 0.3 is 0 Å². The summed E-state index contributed by atoms with van der Waals surface area (Å²) in [6.45, 7) is 5.30. The summed E-state index contributed by atoms with van der Waals surface area (Å²) >= 11 is 5.17. The average molecular weight is 420 g/mol. The van der Waals surface area contributed by atoms with Gasteiger partial charge in [0.25, 0.3) is 0 Å². The van der Waals surface area contributed by atoms with Gasteiger partial charge in [0.05, 0.1) is 11.9 Å². The number of hydrogen-bond acceptors (Lipinski definition) is 5. The first-order valence-electron chi connectivity index (χ1n) is 9.47. The van der Waals surface area contributed by atoms with Gasteiger partial charge in [0.2, 0.25) is 0 Å². The van der Waals surface area contributed by atoms with Crippen molar-refractivity contribution in [2.45, 2.75) is 0 Å². The number of thiocarbonyl (C=S) groups is 1. The molecule has 0 atom stereocenters. The normalized spacial score (nSPS) is 12.5. The standard InChI is InChI=1S/C22H21N5O2S/c1-2-10-23-22(30)25-24-14-17-15-27(18-6-4-3-5-7-18)26-21(17)16-8-9-19-20(13-16)29-12-11-28-19/h2-9,13-15H,1,10-12H2,(H2,23,25,30). The molecule has 8 heteroatoms. The van der Waals surface area contributed by atoms with Crippen molar-refractivity contribution < 1.29 is 9.47 Å². The van der Waals surface area contributed by atoms with Gasteiger partial charge < -0.3 is 14.8 Å². The fourth-order valence-corrected chi connectivity index (χ4v) is 3.11. The summed E-state index contributed by atoms with van der Waals surface area (Å²) in [5.74, 6) is 1.45. The molecular weight excluding hydrogens is 398 g/mol. The van der Waals surface area contributed by atoms with E-state index in [1.165, 1.54) is 0 Å². The minimum atomic E-state index is 0.419. The zero-order chi connectivity index (χ0) is 20.8. The van der Waals surface area contributed by atoms with Crippen molar-refractivity contribution in [3.8, 4) is 28.4 Å². The highest BCUT2D eigenvalue weighted by molar-refractivity contribution is 7.80. The largest absolute Gasteiger partial charge is 0.486 e. The van der Waals surface area contributed by atoms with Crippen LogP contribution in [0.4, 0.5) is 0 Å². The number of benzene rings is 2. The van der Waals surface area contributed by atoms with Crippen LogP contribution in [0.15, 0.2) is 72.5 Å². The second-order valence-electron chi connectivity index (χ2n) is 6.44. The number of rotatable bonds is 6. The minimum Gasteiger partial charge on any atom is -0.486 e. The molecule has 0 radical (unpaired) electrons. The number of ether oxygens (including phenoxy) is 2. The lowest BCUT2D eigenvalue weighted by atomic mass is 10.1. The van der Waals surface area contributed by atoms with Gasteiger partial charge in [0.1, 0.15) is 18.9 Å². The number of nitrogens with zero attached hydrogens (tertiary/aromatic N) is 3. The SMILES string of the molecule is C=CCNC(=S)NN=Cc1cn(-c2ccccc2)nc1-c1ccc2c(c1)OCCO2. The molecule has 0 aliphatic carbocycles. The summed E-state index contributed by atoms with van der Waals surface area (Å²) in [7, 11) is 0. The van der Waals surface area contributed by atoms with Crippen LogP contribution < -0.4 is 20.2 Å². The highest BCUT2D eigenvalue weighted by Gasteiger charge is 2.16. The first-order chi connectivity index (χ1) is 14.7. The molecule has 152 valence electrons. The van der Waals surface area contributed by atoms with Gasteiger partial charge in [-0.3, -0.25) is 5.43 Å². The van der Waals surface area contributed by atoms with E-state index in [-0.39, 0.29) is 0 Å². The second kappa shape index (κ2) is 9.23. The molecule has 4 rings (SSSR count). The van der Waals surface area contributed by atoms with Gasteiger partial charge in [-0.15, -0.1) is 6.58 Å². The van der Waals surface area contributed by atoms with Crippen LogP contribution in [0.25, 0.3) is 16.9 Å². The Morgan fingerprint density at radius 2 is 1.97 bits per heavy atom. The molecule has 0 unspecified atom stereocenters. The minimum absolute atomic E-state index is 0.419. The fourth-order valence-electron chi connectivity index (χ4n) is 2.97. The maximum atomic E-state index is 5.73. The molecular formula is C22H21N5O2S. The van der Waals surface area contributed by atoms with Gasteiger partial charge in [-0.25, -0.2) is 4.68 Å². The molecule has 1 aliphatic rings. The van der Waals surface area contributed by atoms with E-state index in [1.807, 2.05) is 59.4 Å². The number of nitrogens with one attached hydrogen (secondary N) is 2. The summed E-state index contributed by atoms with van der Waals surface area (Å²) in [6, 6.07) is 15.7. The molecule has 0 amide bonds. The molecule has 0 bridgehead atoms. The van der Waals surface area contributed by atoms with Gasteiger partial charge in [0.15, 0.2) is 16.6 Å². The highest BCUT2D eigenvalue weighted by atomic mass is 32.1. The third-order valence-corrected chi connectivity index (χ3v) is 4.59. The molecule has 2 heterocycles. The van der Waals surface area contributed by atoms with E-state index >= 15 is 0 Å². The van der Waals surface area contributed by atoms with Crippen LogP contribution in [0.5, 0.6) is 11.5 Å². The van der Waals surface area contributed by atoms with E-state index in [0.29, 0.717) is 30.6 Å². The number of hydrazone groups is 1. The van der Waals surface area contributed by atoms with Crippen molar-refractivity contribution in [3.63, 3.8) is 0 Å². The lowest BCUT2D eigenvalue weighted by Gasteiger charge is -2.18. The molecule has 0 saturated heterocycles. The summed E-state index contributed by atoms with van der Waals surface area (Å²) in [5.41, 5.74) is 6.26. The molecule has 0 fully saturated rings. The molecule has 2 aromatic carbocycles. The number of para-hydroxylation sites is 1. The van der Waals surface area contributed by atoms with Crippen molar-refractivity contribution in [2.24, 2.45) is 5.10 Å². The Morgan fingerprint density at radius 3 is 2.77 bits per heavy atom. The van der Waals surface area contributed by atoms with Crippen molar-refractivity contribution in [2.75, 3.05) is 19.8 Å². The average Bonchev–Trinajstić information content (AvgIpc) is 3.22. The third kappa shape index (κ3) is 4.49. The van der Waals surface area contributed by atoms with Gasteiger partial charge in [0, 0.05) is 23.9 Å². The Morgan fingerprint density at radius 1 is 1.17 bits per heavy atom. The maximum Gasteiger partial charge on any atom is 0.187 e. The Labute approximate surface area is 180 Å². The summed E-state index contributed by atoms with van der Waals surface area (Å²) in [5, 5.41) is 12.4. The fraction of sp³-hybridized carbons (Fsp3) is 0.136. The molecule has 2 N–H and O–H groups in total. The van der Waals surface area contributed by atoms with Crippen molar-refractivity contribution in [1.29, 1.82) is 0 Å². The van der Waals surface area contributed by atoms with Crippen LogP contribution >= 0.6 is 12.2 Å². The van der Waals surface area contributed by atoms with Crippen LogP contribution in [0, 0.1) is 0 Å². The van der Waals surface area contributed by atoms with Gasteiger partial charge in [-0.05, 0) is 42.5 Å². The van der Waals surface area contributed by atoms with E-state index in [4.69, 9.17) is 26.8 Å². The third-order valence-electron chi connectivity index (χ3n) is 4.36. The highest BCUT2D eigenvalue weighted by Crippen LogP contribution is 2.35. The van der Waals surface area contributed by atoms with Crippen LogP contribution in [0.3, 0.4) is 0 Å². The number of hydrogen-bond donors (Lipinski definition) is 2. The first kappa shape index (κ1) is 19.7. The monoisotopic (exact) mass is 419 g/mol. The van der Waals surface area contributed by atoms with E-state index in [9.17, 15) is 0 Å².